The van der Waals surface area contributed by atoms with Gasteiger partial charge in [-0.3, -0.25) is 0 Å². The first-order valence-electron chi connectivity index (χ1n) is 23.6. The Kier molecular flexibility index (Phi) is 96.6. The third-order valence-corrected chi connectivity index (χ3v) is 8.98. The van der Waals surface area contributed by atoms with Gasteiger partial charge in [0.2, 0.25) is 0 Å². The van der Waals surface area contributed by atoms with E-state index in [1.807, 2.05) is 0 Å². The molecular formula is C48H110O3. The summed E-state index contributed by atoms with van der Waals surface area (Å²) in [6.45, 7) is 29.4. The molecule has 0 aliphatic heterocycles. The fourth-order valence-corrected chi connectivity index (χ4v) is 5.21. The van der Waals surface area contributed by atoms with Crippen molar-refractivity contribution in [1.82, 2.24) is 0 Å². The SMILES string of the molecule is CCCCCC.CCCCCC.CCCCCC.CCCCCC.CCCCCC.CCCCCC.CCCCCC(CCO)(CCO)CCO. The number of unbranched alkanes of at least 4 members (excludes halogenated alkanes) is 20. The van der Waals surface area contributed by atoms with Crippen LogP contribution in [-0.2, 0) is 0 Å². The van der Waals surface area contributed by atoms with E-state index >= 15 is 0 Å². The molecule has 0 heterocycles. The second-order valence-corrected chi connectivity index (χ2v) is 14.6. The quantitative estimate of drug-likeness (QED) is 0.0701. The van der Waals surface area contributed by atoms with Gasteiger partial charge in [0.15, 0.2) is 0 Å². The van der Waals surface area contributed by atoms with E-state index in [1.54, 1.807) is 0 Å². The molecule has 0 rings (SSSR count). The topological polar surface area (TPSA) is 60.7 Å². The Balaban J connectivity index is -0.0000000929. The van der Waals surface area contributed by atoms with Crippen molar-refractivity contribution >= 4 is 0 Å². The van der Waals surface area contributed by atoms with Crippen LogP contribution in [0, 0.1) is 5.41 Å². The molecule has 0 saturated carbocycles. The first kappa shape index (κ1) is 65.7. The van der Waals surface area contributed by atoms with E-state index in [4.69, 9.17) is 15.3 Å². The molecule has 0 aromatic carbocycles. The Morgan fingerprint density at radius 3 is 0.471 bits per heavy atom. The molecule has 0 aromatic heterocycles. The van der Waals surface area contributed by atoms with Crippen molar-refractivity contribution in [1.29, 1.82) is 0 Å². The van der Waals surface area contributed by atoms with Crippen LogP contribution in [0.15, 0.2) is 0 Å². The average molecular weight is 735 g/mol. The maximum atomic E-state index is 9.05. The molecule has 0 aliphatic carbocycles. The van der Waals surface area contributed by atoms with Gasteiger partial charge in [0.25, 0.3) is 0 Å². The van der Waals surface area contributed by atoms with Crippen molar-refractivity contribution in [2.24, 2.45) is 5.41 Å². The highest BCUT2D eigenvalue weighted by atomic mass is 16.3. The molecule has 0 unspecified atom stereocenters. The van der Waals surface area contributed by atoms with Crippen LogP contribution in [-0.4, -0.2) is 35.1 Å². The highest BCUT2D eigenvalue weighted by molar-refractivity contribution is 4.79. The summed E-state index contributed by atoms with van der Waals surface area (Å²) in [5, 5.41) is 27.1. The zero-order valence-corrected chi connectivity index (χ0v) is 38.9. The van der Waals surface area contributed by atoms with Gasteiger partial charge in [-0.15, -0.1) is 0 Å². The van der Waals surface area contributed by atoms with Gasteiger partial charge < -0.3 is 15.3 Å². The van der Waals surface area contributed by atoms with E-state index < -0.39 is 0 Å². The van der Waals surface area contributed by atoms with Crippen LogP contribution in [0.25, 0.3) is 0 Å². The zero-order chi connectivity index (χ0) is 40.5. The molecule has 3 N–H and O–H groups in total. The maximum Gasteiger partial charge on any atom is 0.0436 e. The summed E-state index contributed by atoms with van der Waals surface area (Å²) in [6.07, 6.45) is 39.8. The fraction of sp³-hybridized carbons (Fsp3) is 1.00. The summed E-state index contributed by atoms with van der Waals surface area (Å²) < 4.78 is 0. The molecule has 0 spiro atoms. The Bertz CT molecular complexity index is 337. The molecule has 320 valence electrons. The van der Waals surface area contributed by atoms with Gasteiger partial charge in [-0.1, -0.05) is 263 Å². The van der Waals surface area contributed by atoms with E-state index in [0.717, 1.165) is 12.8 Å². The molecule has 0 amide bonds. The number of aliphatic hydroxyl groups is 3. The molecule has 0 aromatic rings. The van der Waals surface area contributed by atoms with Crippen LogP contribution in [0.1, 0.15) is 289 Å². The van der Waals surface area contributed by atoms with Crippen molar-refractivity contribution in [3.8, 4) is 0 Å². The second-order valence-electron chi connectivity index (χ2n) is 14.6. The normalized spacial score (nSPS) is 9.88. The van der Waals surface area contributed by atoms with Gasteiger partial charge >= 0.3 is 0 Å². The van der Waals surface area contributed by atoms with Gasteiger partial charge in [0.1, 0.15) is 0 Å². The Morgan fingerprint density at radius 2 is 0.353 bits per heavy atom. The lowest BCUT2D eigenvalue weighted by Crippen LogP contribution is -2.25. The standard InChI is InChI=1S/C12H26O3.6C6H14/c1-2-3-4-5-12(6-9-13,7-10-14)8-11-15;6*1-3-5-6-4-2/h13-15H,2-11H2,1H3;6*3-6H2,1-2H3. The Hall–Kier alpha value is -0.120. The van der Waals surface area contributed by atoms with E-state index in [1.165, 1.54) is 167 Å². The number of aliphatic hydroxyl groups excluding tert-OH is 3. The van der Waals surface area contributed by atoms with Gasteiger partial charge in [0, 0.05) is 19.8 Å². The molecule has 0 radical (unpaired) electrons. The van der Waals surface area contributed by atoms with Gasteiger partial charge in [-0.05, 0) is 31.1 Å². The molecule has 51 heavy (non-hydrogen) atoms. The van der Waals surface area contributed by atoms with Crippen LogP contribution in [0.2, 0.25) is 0 Å². The van der Waals surface area contributed by atoms with E-state index in [2.05, 4.69) is 90.0 Å². The molecular weight excluding hydrogens is 625 g/mol. The minimum absolute atomic E-state index is 0.0482. The Morgan fingerprint density at radius 1 is 0.216 bits per heavy atom. The lowest BCUT2D eigenvalue weighted by atomic mass is 9.74. The van der Waals surface area contributed by atoms with Crippen molar-refractivity contribution in [3.05, 3.63) is 0 Å². The van der Waals surface area contributed by atoms with E-state index in [0.29, 0.717) is 19.3 Å². The first-order valence-corrected chi connectivity index (χ1v) is 23.6. The minimum Gasteiger partial charge on any atom is -0.396 e. The molecule has 0 bridgehead atoms. The molecule has 3 heteroatoms. The summed E-state index contributed by atoms with van der Waals surface area (Å²) in [6, 6.07) is 0. The second kappa shape index (κ2) is 74.9. The fourth-order valence-electron chi connectivity index (χ4n) is 5.21. The molecule has 0 aliphatic rings. The van der Waals surface area contributed by atoms with Crippen molar-refractivity contribution in [2.75, 3.05) is 19.8 Å². The van der Waals surface area contributed by atoms with Crippen LogP contribution < -0.4 is 0 Å². The van der Waals surface area contributed by atoms with Gasteiger partial charge in [-0.25, -0.2) is 0 Å². The highest BCUT2D eigenvalue weighted by Crippen LogP contribution is 2.36. The third kappa shape index (κ3) is 88.8. The molecule has 3 nitrogen and oxygen atoms in total. The Labute approximate surface area is 328 Å². The maximum absolute atomic E-state index is 9.05. The smallest absolute Gasteiger partial charge is 0.0436 e. The van der Waals surface area contributed by atoms with Gasteiger partial charge in [0.05, 0.1) is 0 Å². The van der Waals surface area contributed by atoms with E-state index in [9.17, 15) is 0 Å². The number of rotatable bonds is 28. The predicted octanol–water partition coefficient (Wildman–Crippen LogP) is 17.2. The van der Waals surface area contributed by atoms with Crippen molar-refractivity contribution in [3.63, 3.8) is 0 Å². The minimum atomic E-state index is -0.0482. The predicted molar refractivity (Wildman–Crippen MR) is 241 cm³/mol. The number of hydrogen-bond donors (Lipinski definition) is 3. The summed E-state index contributed by atoms with van der Waals surface area (Å²) in [5.74, 6) is 0. The van der Waals surface area contributed by atoms with Crippen molar-refractivity contribution in [2.45, 2.75) is 289 Å². The van der Waals surface area contributed by atoms with Crippen LogP contribution in [0.5, 0.6) is 0 Å². The summed E-state index contributed by atoms with van der Waals surface area (Å²) >= 11 is 0. The highest BCUT2D eigenvalue weighted by Gasteiger charge is 2.27. The number of hydrogen-bond acceptors (Lipinski definition) is 3. The summed E-state index contributed by atoms with van der Waals surface area (Å²) in [4.78, 5) is 0. The van der Waals surface area contributed by atoms with Crippen LogP contribution >= 0.6 is 0 Å². The average Bonchev–Trinajstić information content (AvgIpc) is 3.14. The monoisotopic (exact) mass is 735 g/mol. The van der Waals surface area contributed by atoms with Gasteiger partial charge in [-0.2, -0.15) is 0 Å². The lowest BCUT2D eigenvalue weighted by Gasteiger charge is -2.32. The first-order chi connectivity index (χ1) is 24.7. The van der Waals surface area contributed by atoms with Crippen LogP contribution in [0.4, 0.5) is 0 Å². The third-order valence-electron chi connectivity index (χ3n) is 8.98. The van der Waals surface area contributed by atoms with E-state index in [-0.39, 0.29) is 25.2 Å². The molecule has 0 atom stereocenters. The lowest BCUT2D eigenvalue weighted by molar-refractivity contribution is 0.0887. The van der Waals surface area contributed by atoms with Crippen molar-refractivity contribution < 1.29 is 15.3 Å². The molecule has 0 saturated heterocycles. The summed E-state index contributed by atoms with van der Waals surface area (Å²) in [5.41, 5.74) is -0.0482. The zero-order valence-electron chi connectivity index (χ0n) is 38.9. The molecule has 0 fully saturated rings. The summed E-state index contributed by atoms with van der Waals surface area (Å²) in [7, 11) is 0. The largest absolute Gasteiger partial charge is 0.396 e. The van der Waals surface area contributed by atoms with Crippen LogP contribution in [0.3, 0.4) is 0 Å².